The highest BCUT2D eigenvalue weighted by atomic mass is 19.1. The number of ether oxygens (including phenoxy) is 1. The second kappa shape index (κ2) is 8.45. The number of hydrogen-bond donors (Lipinski definition) is 1. The molecule has 0 unspecified atom stereocenters. The van der Waals surface area contributed by atoms with Crippen LogP contribution in [0.1, 0.15) is 47.2 Å². The number of hydrogen-bond acceptors (Lipinski definition) is 3. The Morgan fingerprint density at radius 2 is 1.69 bits per heavy atom. The third kappa shape index (κ3) is 4.31. The second-order valence-electron chi connectivity index (χ2n) is 6.82. The van der Waals surface area contributed by atoms with Gasteiger partial charge < -0.3 is 10.1 Å². The highest BCUT2D eigenvalue weighted by Crippen LogP contribution is 2.33. The highest BCUT2D eigenvalue weighted by Gasteiger charge is 2.21. The fourth-order valence-corrected chi connectivity index (χ4v) is 3.58. The zero-order valence-corrected chi connectivity index (χ0v) is 16.5. The standard InChI is InChI=1S/C22H28FNO2/c1-7-26-20(25)12-19(24-6)18-11-17(10-16(5)22(18)23)21-14(3)8-13(2)9-15(21)4/h8-11,19,24H,7,12H2,1-6H3/t19-/m0/s1. The summed E-state index contributed by atoms with van der Waals surface area (Å²) in [6.45, 7) is 10.1. The van der Waals surface area contributed by atoms with Gasteiger partial charge in [-0.3, -0.25) is 4.79 Å². The number of nitrogens with one attached hydrogen (secondary N) is 1. The Labute approximate surface area is 155 Å². The number of benzene rings is 2. The maximum absolute atomic E-state index is 14.8. The molecule has 2 rings (SSSR count). The van der Waals surface area contributed by atoms with Crippen LogP contribution in [0, 0.1) is 33.5 Å². The van der Waals surface area contributed by atoms with Crippen molar-refractivity contribution in [3.63, 3.8) is 0 Å². The van der Waals surface area contributed by atoms with E-state index in [-0.39, 0.29) is 18.2 Å². The van der Waals surface area contributed by atoms with E-state index >= 15 is 0 Å². The van der Waals surface area contributed by atoms with Crippen molar-refractivity contribution in [2.24, 2.45) is 0 Å². The van der Waals surface area contributed by atoms with Gasteiger partial charge in [-0.2, -0.15) is 0 Å². The summed E-state index contributed by atoms with van der Waals surface area (Å²) in [5, 5.41) is 3.05. The Morgan fingerprint density at radius 3 is 2.23 bits per heavy atom. The van der Waals surface area contributed by atoms with Gasteiger partial charge in [0.2, 0.25) is 0 Å². The van der Waals surface area contributed by atoms with E-state index in [0.717, 1.165) is 22.3 Å². The van der Waals surface area contributed by atoms with Crippen molar-refractivity contribution in [2.75, 3.05) is 13.7 Å². The van der Waals surface area contributed by atoms with Crippen LogP contribution in [-0.2, 0) is 9.53 Å². The van der Waals surface area contributed by atoms with Gasteiger partial charge in [0, 0.05) is 11.6 Å². The number of esters is 1. The molecule has 0 bridgehead atoms. The zero-order chi connectivity index (χ0) is 19.4. The summed E-state index contributed by atoms with van der Waals surface area (Å²) in [6.07, 6.45) is 0.0933. The normalized spacial score (nSPS) is 12.1. The van der Waals surface area contributed by atoms with Crippen molar-refractivity contribution < 1.29 is 13.9 Å². The quantitative estimate of drug-likeness (QED) is 0.744. The number of halogens is 1. The van der Waals surface area contributed by atoms with Crippen molar-refractivity contribution in [1.29, 1.82) is 0 Å². The van der Waals surface area contributed by atoms with E-state index in [1.54, 1.807) is 20.9 Å². The van der Waals surface area contributed by atoms with Gasteiger partial charge in [-0.15, -0.1) is 0 Å². The molecule has 0 aliphatic heterocycles. The number of aryl methyl sites for hydroxylation is 4. The molecule has 3 nitrogen and oxygen atoms in total. The van der Waals surface area contributed by atoms with E-state index in [9.17, 15) is 9.18 Å². The monoisotopic (exact) mass is 357 g/mol. The molecule has 0 heterocycles. The molecule has 0 aromatic heterocycles. The molecule has 0 aliphatic rings. The van der Waals surface area contributed by atoms with E-state index in [0.29, 0.717) is 17.7 Å². The molecule has 0 spiro atoms. The van der Waals surface area contributed by atoms with Crippen LogP contribution in [0.4, 0.5) is 4.39 Å². The van der Waals surface area contributed by atoms with Gasteiger partial charge in [0.25, 0.3) is 0 Å². The van der Waals surface area contributed by atoms with Crippen molar-refractivity contribution in [1.82, 2.24) is 5.32 Å². The molecule has 0 saturated heterocycles. The van der Waals surface area contributed by atoms with E-state index in [1.165, 1.54) is 5.56 Å². The molecule has 0 aliphatic carbocycles. The molecule has 0 amide bonds. The average molecular weight is 357 g/mol. The number of rotatable bonds is 6. The average Bonchev–Trinajstić information content (AvgIpc) is 2.55. The van der Waals surface area contributed by atoms with E-state index in [2.05, 4.69) is 38.2 Å². The van der Waals surface area contributed by atoms with Gasteiger partial charge >= 0.3 is 5.97 Å². The van der Waals surface area contributed by atoms with Crippen LogP contribution in [-0.4, -0.2) is 19.6 Å². The SMILES string of the molecule is CCOC(=O)C[C@H](NC)c1cc(-c2c(C)cc(C)cc2C)cc(C)c1F. The Bertz CT molecular complexity index is 791. The fraction of sp³-hybridized carbons (Fsp3) is 0.409. The molecule has 0 fully saturated rings. The van der Waals surface area contributed by atoms with Gasteiger partial charge in [0.15, 0.2) is 0 Å². The molecule has 4 heteroatoms. The highest BCUT2D eigenvalue weighted by molar-refractivity contribution is 5.74. The van der Waals surface area contributed by atoms with Crippen molar-refractivity contribution in [3.05, 3.63) is 57.9 Å². The third-order valence-electron chi connectivity index (χ3n) is 4.65. The summed E-state index contributed by atoms with van der Waals surface area (Å²) in [5.74, 6) is -0.614. The molecule has 0 radical (unpaired) electrons. The minimum atomic E-state index is -0.432. The first kappa shape index (κ1) is 20.1. The lowest BCUT2D eigenvalue weighted by Crippen LogP contribution is -2.22. The van der Waals surface area contributed by atoms with Gasteiger partial charge in [-0.05, 0) is 81.6 Å². The van der Waals surface area contributed by atoms with Crippen LogP contribution in [0.15, 0.2) is 24.3 Å². The van der Waals surface area contributed by atoms with Crippen molar-refractivity contribution >= 4 is 5.97 Å². The molecule has 2 aromatic carbocycles. The predicted molar refractivity (Wildman–Crippen MR) is 104 cm³/mol. The summed E-state index contributed by atoms with van der Waals surface area (Å²) in [6, 6.07) is 7.57. The fourth-order valence-electron chi connectivity index (χ4n) is 3.58. The maximum Gasteiger partial charge on any atom is 0.307 e. The van der Waals surface area contributed by atoms with Crippen LogP contribution in [0.5, 0.6) is 0 Å². The molecule has 1 N–H and O–H groups in total. The minimum absolute atomic E-state index is 0.0933. The Morgan fingerprint density at radius 1 is 1.08 bits per heavy atom. The molecule has 0 saturated carbocycles. The lowest BCUT2D eigenvalue weighted by Gasteiger charge is -2.20. The summed E-state index contributed by atoms with van der Waals surface area (Å²) in [4.78, 5) is 11.9. The Balaban J connectivity index is 2.54. The first-order valence-corrected chi connectivity index (χ1v) is 8.99. The lowest BCUT2D eigenvalue weighted by molar-refractivity contribution is -0.143. The van der Waals surface area contributed by atoms with Gasteiger partial charge in [-0.25, -0.2) is 4.39 Å². The number of carbonyl (C=O) groups excluding carboxylic acids is 1. The van der Waals surface area contributed by atoms with E-state index < -0.39 is 6.04 Å². The van der Waals surface area contributed by atoms with Gasteiger partial charge in [0.05, 0.1) is 13.0 Å². The van der Waals surface area contributed by atoms with Crippen molar-refractivity contribution in [2.45, 2.75) is 47.1 Å². The smallest absolute Gasteiger partial charge is 0.307 e. The second-order valence-corrected chi connectivity index (χ2v) is 6.82. The Kier molecular flexibility index (Phi) is 6.54. The zero-order valence-electron chi connectivity index (χ0n) is 16.5. The van der Waals surface area contributed by atoms with E-state index in [1.807, 2.05) is 12.1 Å². The topological polar surface area (TPSA) is 38.3 Å². The first-order valence-electron chi connectivity index (χ1n) is 8.99. The van der Waals surface area contributed by atoms with Crippen LogP contribution < -0.4 is 5.32 Å². The molecule has 140 valence electrons. The molecular formula is C22H28FNO2. The van der Waals surface area contributed by atoms with Crippen LogP contribution in [0.25, 0.3) is 11.1 Å². The van der Waals surface area contributed by atoms with Crippen LogP contribution in [0.3, 0.4) is 0 Å². The summed E-state index contributed by atoms with van der Waals surface area (Å²) in [7, 11) is 1.73. The minimum Gasteiger partial charge on any atom is -0.466 e. The molecule has 2 aromatic rings. The molecule has 1 atom stereocenters. The molecule has 26 heavy (non-hydrogen) atoms. The summed E-state index contributed by atoms with van der Waals surface area (Å²) >= 11 is 0. The third-order valence-corrected chi connectivity index (χ3v) is 4.65. The van der Waals surface area contributed by atoms with E-state index in [4.69, 9.17) is 4.74 Å². The predicted octanol–water partition coefficient (Wildman–Crippen LogP) is 4.94. The molecular weight excluding hydrogens is 329 g/mol. The number of carbonyl (C=O) groups is 1. The lowest BCUT2D eigenvalue weighted by atomic mass is 9.89. The first-order chi connectivity index (χ1) is 12.3. The summed E-state index contributed by atoms with van der Waals surface area (Å²) in [5.41, 5.74) is 6.68. The summed E-state index contributed by atoms with van der Waals surface area (Å²) < 4.78 is 19.9. The Hall–Kier alpha value is -2.20. The van der Waals surface area contributed by atoms with Gasteiger partial charge in [0.1, 0.15) is 5.82 Å². The van der Waals surface area contributed by atoms with Crippen molar-refractivity contribution in [3.8, 4) is 11.1 Å². The van der Waals surface area contributed by atoms with Gasteiger partial charge in [-0.1, -0.05) is 17.7 Å². The maximum atomic E-state index is 14.8. The van der Waals surface area contributed by atoms with Crippen LogP contribution >= 0.6 is 0 Å². The van der Waals surface area contributed by atoms with Crippen LogP contribution in [0.2, 0.25) is 0 Å². The largest absolute Gasteiger partial charge is 0.466 e.